The molecule has 0 spiro atoms. The standard InChI is InChI=1S/C25H24Cl2N6O4/c1-28-23(35)22-20(3-2-13-32-14-12-21(34)29-24(32)36)33(31-30-22)15-25(37,16-4-8-18(26)9-5-16)17-6-10-19(27)11-7-17/h4-12,14,37H,2-3,13,15H2,1H3,(H,28,35)(H,29,34,36). The zero-order chi connectivity index (χ0) is 26.6. The number of carbonyl (C=O) groups excluding carboxylic acids is 1. The van der Waals surface area contributed by atoms with Crippen molar-refractivity contribution in [3.8, 4) is 0 Å². The summed E-state index contributed by atoms with van der Waals surface area (Å²) in [5, 5.41) is 23.9. The molecule has 3 N–H and O–H groups in total. The van der Waals surface area contributed by atoms with Gasteiger partial charge in [-0.25, -0.2) is 9.48 Å². The van der Waals surface area contributed by atoms with E-state index < -0.39 is 22.8 Å². The number of amides is 1. The topological polar surface area (TPSA) is 135 Å². The number of carbonyl (C=O) groups is 1. The Balaban J connectivity index is 1.70. The van der Waals surface area contributed by atoms with Gasteiger partial charge in [-0.3, -0.25) is 14.6 Å². The van der Waals surface area contributed by atoms with Crippen LogP contribution in [0.25, 0.3) is 0 Å². The van der Waals surface area contributed by atoms with Crippen LogP contribution in [0.2, 0.25) is 10.0 Å². The summed E-state index contributed by atoms with van der Waals surface area (Å²) >= 11 is 12.2. The summed E-state index contributed by atoms with van der Waals surface area (Å²) < 4.78 is 2.86. The summed E-state index contributed by atoms with van der Waals surface area (Å²) in [5.41, 5.74) is -0.847. The first-order valence-corrected chi connectivity index (χ1v) is 12.2. The molecule has 0 atom stereocenters. The molecule has 0 saturated carbocycles. The van der Waals surface area contributed by atoms with E-state index in [1.807, 2.05) is 0 Å². The van der Waals surface area contributed by atoms with E-state index in [1.165, 1.54) is 28.6 Å². The van der Waals surface area contributed by atoms with Crippen molar-refractivity contribution in [2.75, 3.05) is 7.05 Å². The lowest BCUT2D eigenvalue weighted by Gasteiger charge is -2.30. The highest BCUT2D eigenvalue weighted by molar-refractivity contribution is 6.30. The number of benzene rings is 2. The smallest absolute Gasteiger partial charge is 0.328 e. The Kier molecular flexibility index (Phi) is 7.91. The van der Waals surface area contributed by atoms with E-state index in [2.05, 4.69) is 20.6 Å². The Morgan fingerprint density at radius 3 is 2.16 bits per heavy atom. The van der Waals surface area contributed by atoms with Gasteiger partial charge in [-0.2, -0.15) is 0 Å². The Morgan fingerprint density at radius 2 is 1.62 bits per heavy atom. The van der Waals surface area contributed by atoms with E-state index in [4.69, 9.17) is 23.2 Å². The molecule has 0 radical (unpaired) electrons. The second-order valence-electron chi connectivity index (χ2n) is 8.40. The fourth-order valence-corrected chi connectivity index (χ4v) is 4.31. The SMILES string of the molecule is CNC(=O)c1nnn(CC(O)(c2ccc(Cl)cc2)c2ccc(Cl)cc2)c1CCCn1ccc(=O)[nH]c1=O. The van der Waals surface area contributed by atoms with Crippen LogP contribution in [-0.2, 0) is 25.1 Å². The Labute approximate surface area is 221 Å². The van der Waals surface area contributed by atoms with Crippen LogP contribution in [0.5, 0.6) is 0 Å². The van der Waals surface area contributed by atoms with Crippen molar-refractivity contribution in [3.63, 3.8) is 0 Å². The van der Waals surface area contributed by atoms with E-state index in [-0.39, 0.29) is 18.8 Å². The third kappa shape index (κ3) is 5.82. The summed E-state index contributed by atoms with van der Waals surface area (Å²) in [6.07, 6.45) is 2.17. The number of H-pyrrole nitrogens is 1. The highest BCUT2D eigenvalue weighted by Crippen LogP contribution is 2.33. The molecule has 12 heteroatoms. The molecule has 192 valence electrons. The molecule has 0 saturated heterocycles. The van der Waals surface area contributed by atoms with Crippen LogP contribution in [0.3, 0.4) is 0 Å². The van der Waals surface area contributed by atoms with Gasteiger partial charge in [0.25, 0.3) is 11.5 Å². The average molecular weight is 543 g/mol. The third-order valence-electron chi connectivity index (χ3n) is 6.01. The minimum Gasteiger partial charge on any atom is -0.378 e. The third-order valence-corrected chi connectivity index (χ3v) is 6.52. The lowest BCUT2D eigenvalue weighted by molar-refractivity contribution is 0.0557. The fraction of sp³-hybridized carbons (Fsp3) is 0.240. The maximum atomic E-state index is 12.5. The average Bonchev–Trinajstić information content (AvgIpc) is 3.27. The van der Waals surface area contributed by atoms with E-state index in [0.717, 1.165) is 0 Å². The second-order valence-corrected chi connectivity index (χ2v) is 9.28. The van der Waals surface area contributed by atoms with Crippen molar-refractivity contribution in [2.24, 2.45) is 0 Å². The largest absolute Gasteiger partial charge is 0.378 e. The number of halogens is 2. The Morgan fingerprint density at radius 1 is 1.03 bits per heavy atom. The lowest BCUT2D eigenvalue weighted by Crippen LogP contribution is -2.34. The Hall–Kier alpha value is -3.73. The highest BCUT2D eigenvalue weighted by Gasteiger charge is 2.34. The zero-order valence-electron chi connectivity index (χ0n) is 19.8. The van der Waals surface area contributed by atoms with Crippen molar-refractivity contribution < 1.29 is 9.90 Å². The Bertz CT molecular complexity index is 1460. The molecule has 37 heavy (non-hydrogen) atoms. The van der Waals surface area contributed by atoms with Gasteiger partial charge in [-0.15, -0.1) is 5.10 Å². The van der Waals surface area contributed by atoms with Gasteiger partial charge in [0.1, 0.15) is 5.60 Å². The van der Waals surface area contributed by atoms with Gasteiger partial charge in [-0.1, -0.05) is 52.7 Å². The minimum atomic E-state index is -1.56. The fourth-order valence-electron chi connectivity index (χ4n) is 4.06. The lowest BCUT2D eigenvalue weighted by atomic mass is 9.86. The molecule has 0 aliphatic carbocycles. The van der Waals surface area contributed by atoms with Crippen LogP contribution in [0.1, 0.15) is 33.7 Å². The van der Waals surface area contributed by atoms with Crippen molar-refractivity contribution in [1.82, 2.24) is 29.9 Å². The van der Waals surface area contributed by atoms with Crippen LogP contribution in [-0.4, -0.2) is 42.6 Å². The predicted molar refractivity (Wildman–Crippen MR) is 139 cm³/mol. The van der Waals surface area contributed by atoms with Gasteiger partial charge in [0, 0.05) is 35.9 Å². The van der Waals surface area contributed by atoms with Crippen molar-refractivity contribution in [1.29, 1.82) is 0 Å². The normalized spacial score (nSPS) is 11.5. The second kappa shape index (κ2) is 11.1. The summed E-state index contributed by atoms with van der Waals surface area (Å²) in [6.45, 7) is 0.223. The quantitative estimate of drug-likeness (QED) is 0.297. The number of hydrogen-bond donors (Lipinski definition) is 3. The predicted octanol–water partition coefficient (Wildman–Crippen LogP) is 2.36. The van der Waals surface area contributed by atoms with E-state index >= 15 is 0 Å². The van der Waals surface area contributed by atoms with Crippen molar-refractivity contribution >= 4 is 29.1 Å². The monoisotopic (exact) mass is 542 g/mol. The molecule has 4 aromatic rings. The number of aromatic nitrogens is 5. The number of aromatic amines is 1. The summed E-state index contributed by atoms with van der Waals surface area (Å²) in [4.78, 5) is 38.1. The first kappa shape index (κ1) is 26.3. The van der Waals surface area contributed by atoms with Gasteiger partial charge in [0.05, 0.1) is 12.2 Å². The number of rotatable bonds is 9. The molecular formula is C25H24Cl2N6O4. The molecule has 0 bridgehead atoms. The van der Waals surface area contributed by atoms with E-state index in [0.29, 0.717) is 39.7 Å². The van der Waals surface area contributed by atoms with Crippen molar-refractivity contribution in [3.05, 3.63) is 114 Å². The number of nitrogens with zero attached hydrogens (tertiary/aromatic N) is 4. The molecule has 0 fully saturated rings. The molecule has 4 rings (SSSR count). The van der Waals surface area contributed by atoms with Gasteiger partial charge >= 0.3 is 5.69 Å². The number of nitrogens with one attached hydrogen (secondary N) is 2. The van der Waals surface area contributed by atoms with Crippen LogP contribution in [0.15, 0.2) is 70.4 Å². The maximum Gasteiger partial charge on any atom is 0.328 e. The van der Waals surface area contributed by atoms with Gasteiger partial charge < -0.3 is 15.0 Å². The molecule has 0 aliphatic rings. The first-order chi connectivity index (χ1) is 17.7. The molecule has 2 heterocycles. The molecular weight excluding hydrogens is 519 g/mol. The van der Waals surface area contributed by atoms with Crippen LogP contribution >= 0.6 is 23.2 Å². The van der Waals surface area contributed by atoms with Gasteiger partial charge in [0.15, 0.2) is 5.69 Å². The van der Waals surface area contributed by atoms with Crippen LogP contribution in [0.4, 0.5) is 0 Å². The van der Waals surface area contributed by atoms with E-state index in [9.17, 15) is 19.5 Å². The van der Waals surface area contributed by atoms with Gasteiger partial charge in [-0.05, 0) is 48.2 Å². The molecule has 0 aliphatic heterocycles. The number of hydrogen-bond acceptors (Lipinski definition) is 6. The minimum absolute atomic E-state index is 0.0613. The van der Waals surface area contributed by atoms with E-state index in [1.54, 1.807) is 48.5 Å². The molecule has 10 nitrogen and oxygen atoms in total. The van der Waals surface area contributed by atoms with Crippen molar-refractivity contribution in [2.45, 2.75) is 31.5 Å². The summed E-state index contributed by atoms with van der Waals surface area (Å²) in [7, 11) is 1.49. The highest BCUT2D eigenvalue weighted by atomic mass is 35.5. The van der Waals surface area contributed by atoms with Gasteiger partial charge in [0.2, 0.25) is 0 Å². The number of aryl methyl sites for hydroxylation is 1. The molecule has 2 aromatic carbocycles. The van der Waals surface area contributed by atoms with Crippen LogP contribution in [0, 0.1) is 0 Å². The molecule has 1 amide bonds. The van der Waals surface area contributed by atoms with Crippen LogP contribution < -0.4 is 16.6 Å². The summed E-state index contributed by atoms with van der Waals surface area (Å²) in [6, 6.07) is 14.9. The maximum absolute atomic E-state index is 12.5. The first-order valence-electron chi connectivity index (χ1n) is 11.4. The summed E-state index contributed by atoms with van der Waals surface area (Å²) in [5.74, 6) is -0.427. The zero-order valence-corrected chi connectivity index (χ0v) is 21.3. The number of aliphatic hydroxyl groups is 1. The molecule has 2 aromatic heterocycles. The molecule has 0 unspecified atom stereocenters.